The van der Waals surface area contributed by atoms with Crippen LogP contribution in [0.5, 0.6) is 0 Å². The molecule has 1 fully saturated rings. The molecule has 0 heterocycles. The minimum Gasteiger partial charge on any atom is -0.396 e. The van der Waals surface area contributed by atoms with Gasteiger partial charge in [-0.15, -0.1) is 0 Å². The number of benzene rings is 1. The zero-order valence-electron chi connectivity index (χ0n) is 12.1. The number of nitrogens with two attached hydrogens (primary N) is 1. The number of sulfonamides is 1. The lowest BCUT2D eigenvalue weighted by atomic mass is 9.81. The number of nitrogen functional groups attached to an aromatic ring is 1. The highest BCUT2D eigenvalue weighted by Crippen LogP contribution is 2.31. The van der Waals surface area contributed by atoms with Gasteiger partial charge in [-0.25, -0.2) is 17.5 Å². The van der Waals surface area contributed by atoms with Gasteiger partial charge in [0.1, 0.15) is 5.82 Å². The standard InChI is InChI=1S/C14H20BrFN2O2S/c1-8-3-9(2)5-10(4-8)18-21(19,20)14-7-13(17)12(16)6-11(14)15/h6-10,18H,3-5,17H2,1-2H3. The first-order chi connectivity index (χ1) is 9.69. The maximum Gasteiger partial charge on any atom is 0.242 e. The quantitative estimate of drug-likeness (QED) is 0.792. The maximum atomic E-state index is 13.3. The first-order valence-corrected chi connectivity index (χ1v) is 9.23. The van der Waals surface area contributed by atoms with E-state index in [4.69, 9.17) is 5.73 Å². The minimum absolute atomic E-state index is 0.0210. The highest BCUT2D eigenvalue weighted by molar-refractivity contribution is 9.10. The van der Waals surface area contributed by atoms with Gasteiger partial charge in [0.15, 0.2) is 0 Å². The Morgan fingerprint density at radius 3 is 2.38 bits per heavy atom. The lowest BCUT2D eigenvalue weighted by molar-refractivity contribution is 0.257. The molecule has 2 rings (SSSR count). The van der Waals surface area contributed by atoms with Crippen LogP contribution in [0.25, 0.3) is 0 Å². The van der Waals surface area contributed by atoms with Crippen LogP contribution in [-0.2, 0) is 10.0 Å². The second-order valence-corrected chi connectivity index (χ2v) is 8.58. The normalized spacial score (nSPS) is 26.8. The van der Waals surface area contributed by atoms with Crippen molar-refractivity contribution in [2.45, 2.75) is 44.0 Å². The van der Waals surface area contributed by atoms with E-state index in [-0.39, 0.29) is 21.1 Å². The Hall–Kier alpha value is -0.660. The Kier molecular flexibility index (Phi) is 4.95. The van der Waals surface area contributed by atoms with Crippen molar-refractivity contribution in [1.29, 1.82) is 0 Å². The molecule has 21 heavy (non-hydrogen) atoms. The van der Waals surface area contributed by atoms with Gasteiger partial charge < -0.3 is 5.73 Å². The molecule has 0 radical (unpaired) electrons. The molecule has 1 aromatic rings. The monoisotopic (exact) mass is 378 g/mol. The molecule has 0 amide bonds. The summed E-state index contributed by atoms with van der Waals surface area (Å²) in [5, 5.41) is 0. The van der Waals surface area contributed by atoms with Crippen LogP contribution in [0.4, 0.5) is 10.1 Å². The van der Waals surface area contributed by atoms with E-state index in [1.54, 1.807) is 0 Å². The van der Waals surface area contributed by atoms with Crippen LogP contribution in [0, 0.1) is 17.7 Å². The third kappa shape index (κ3) is 3.96. The van der Waals surface area contributed by atoms with Crippen LogP contribution >= 0.6 is 15.9 Å². The first-order valence-electron chi connectivity index (χ1n) is 6.96. The third-order valence-electron chi connectivity index (χ3n) is 3.84. The minimum atomic E-state index is -3.72. The second-order valence-electron chi connectivity index (χ2n) is 6.04. The average Bonchev–Trinajstić information content (AvgIpc) is 2.31. The van der Waals surface area contributed by atoms with Crippen molar-refractivity contribution in [2.75, 3.05) is 5.73 Å². The number of hydrogen-bond acceptors (Lipinski definition) is 3. The molecule has 0 aliphatic heterocycles. The van der Waals surface area contributed by atoms with Crippen LogP contribution in [0.2, 0.25) is 0 Å². The molecule has 3 N–H and O–H groups in total. The van der Waals surface area contributed by atoms with E-state index >= 15 is 0 Å². The Labute approximate surface area is 133 Å². The molecule has 118 valence electrons. The zero-order valence-corrected chi connectivity index (χ0v) is 14.5. The molecule has 0 spiro atoms. The van der Waals surface area contributed by atoms with E-state index in [0.717, 1.165) is 31.4 Å². The number of halogens is 2. The van der Waals surface area contributed by atoms with Gasteiger partial charge >= 0.3 is 0 Å². The number of nitrogens with one attached hydrogen (secondary N) is 1. The van der Waals surface area contributed by atoms with Gasteiger partial charge in [-0.2, -0.15) is 0 Å². The summed E-state index contributed by atoms with van der Waals surface area (Å²) in [6, 6.07) is 2.14. The molecule has 0 aromatic heterocycles. The predicted octanol–water partition coefficient (Wildman–Crippen LogP) is 3.27. The molecule has 4 nitrogen and oxygen atoms in total. The van der Waals surface area contributed by atoms with Crippen molar-refractivity contribution in [3.05, 3.63) is 22.4 Å². The van der Waals surface area contributed by atoms with Crippen LogP contribution in [0.15, 0.2) is 21.5 Å². The van der Waals surface area contributed by atoms with E-state index in [2.05, 4.69) is 34.5 Å². The SMILES string of the molecule is CC1CC(C)CC(NS(=O)(=O)c2cc(N)c(F)cc2Br)C1. The van der Waals surface area contributed by atoms with Gasteiger partial charge in [0.25, 0.3) is 0 Å². The molecule has 1 saturated carbocycles. The maximum absolute atomic E-state index is 13.3. The summed E-state index contributed by atoms with van der Waals surface area (Å²) in [7, 11) is -3.72. The van der Waals surface area contributed by atoms with Gasteiger partial charge in [-0.3, -0.25) is 0 Å². The van der Waals surface area contributed by atoms with Crippen molar-refractivity contribution >= 4 is 31.6 Å². The first kappa shape index (κ1) is 16.7. The van der Waals surface area contributed by atoms with Gasteiger partial charge in [0.2, 0.25) is 10.0 Å². The number of rotatable bonds is 3. The molecule has 1 aromatic carbocycles. The van der Waals surface area contributed by atoms with Crippen LogP contribution < -0.4 is 10.5 Å². The highest BCUT2D eigenvalue weighted by Gasteiger charge is 2.29. The molecular weight excluding hydrogens is 359 g/mol. The predicted molar refractivity (Wildman–Crippen MR) is 84.8 cm³/mol. The Morgan fingerprint density at radius 1 is 1.24 bits per heavy atom. The van der Waals surface area contributed by atoms with Gasteiger partial charge in [-0.1, -0.05) is 13.8 Å². The molecular formula is C14H20BrFN2O2S. The smallest absolute Gasteiger partial charge is 0.242 e. The largest absolute Gasteiger partial charge is 0.396 e. The summed E-state index contributed by atoms with van der Waals surface area (Å²) >= 11 is 3.09. The summed E-state index contributed by atoms with van der Waals surface area (Å²) in [6.07, 6.45) is 2.75. The van der Waals surface area contributed by atoms with E-state index in [1.807, 2.05) is 0 Å². The van der Waals surface area contributed by atoms with Gasteiger partial charge in [-0.05, 0) is 59.2 Å². The highest BCUT2D eigenvalue weighted by atomic mass is 79.9. The molecule has 1 aliphatic carbocycles. The number of anilines is 1. The molecule has 2 atom stereocenters. The average molecular weight is 379 g/mol. The second kappa shape index (κ2) is 6.22. The van der Waals surface area contributed by atoms with E-state index < -0.39 is 15.8 Å². The van der Waals surface area contributed by atoms with Crippen molar-refractivity contribution in [2.24, 2.45) is 11.8 Å². The van der Waals surface area contributed by atoms with Crippen LogP contribution in [0.1, 0.15) is 33.1 Å². The molecule has 7 heteroatoms. The van der Waals surface area contributed by atoms with E-state index in [0.29, 0.717) is 11.8 Å². The van der Waals surface area contributed by atoms with Gasteiger partial charge in [0, 0.05) is 10.5 Å². The summed E-state index contributed by atoms with van der Waals surface area (Å²) in [4.78, 5) is -0.0210. The summed E-state index contributed by atoms with van der Waals surface area (Å²) in [5.74, 6) is 0.340. The van der Waals surface area contributed by atoms with Crippen molar-refractivity contribution in [1.82, 2.24) is 4.72 Å². The van der Waals surface area contributed by atoms with Crippen molar-refractivity contribution < 1.29 is 12.8 Å². The Bertz CT molecular complexity index is 626. The summed E-state index contributed by atoms with van der Waals surface area (Å²) < 4.78 is 41.2. The molecule has 0 bridgehead atoms. The van der Waals surface area contributed by atoms with E-state index in [9.17, 15) is 12.8 Å². The fourth-order valence-electron chi connectivity index (χ4n) is 3.08. The van der Waals surface area contributed by atoms with Crippen LogP contribution in [-0.4, -0.2) is 14.5 Å². The van der Waals surface area contributed by atoms with Gasteiger partial charge in [0.05, 0.1) is 10.6 Å². The Morgan fingerprint density at radius 2 is 1.81 bits per heavy atom. The Balaban J connectivity index is 2.24. The zero-order chi connectivity index (χ0) is 15.8. The summed E-state index contributed by atoms with van der Waals surface area (Å²) in [6.45, 7) is 4.26. The number of hydrogen-bond donors (Lipinski definition) is 2. The lowest BCUT2D eigenvalue weighted by Crippen LogP contribution is -2.40. The van der Waals surface area contributed by atoms with Crippen LogP contribution in [0.3, 0.4) is 0 Å². The molecule has 2 unspecified atom stereocenters. The summed E-state index contributed by atoms with van der Waals surface area (Å²) in [5.41, 5.74) is 5.30. The fourth-order valence-corrected chi connectivity index (χ4v) is 5.39. The lowest BCUT2D eigenvalue weighted by Gasteiger charge is -2.31. The van der Waals surface area contributed by atoms with Crippen molar-refractivity contribution in [3.8, 4) is 0 Å². The molecule has 0 saturated heterocycles. The van der Waals surface area contributed by atoms with E-state index in [1.165, 1.54) is 0 Å². The topological polar surface area (TPSA) is 72.2 Å². The van der Waals surface area contributed by atoms with Crippen molar-refractivity contribution in [3.63, 3.8) is 0 Å². The molecule has 1 aliphatic rings. The third-order valence-corrected chi connectivity index (χ3v) is 6.32. The fraction of sp³-hybridized carbons (Fsp3) is 0.571.